The molecule has 0 spiro atoms. The van der Waals surface area contributed by atoms with E-state index in [-0.39, 0.29) is 24.4 Å². The fourth-order valence-corrected chi connectivity index (χ4v) is 2.88. The predicted molar refractivity (Wildman–Crippen MR) is 115 cm³/mol. The van der Waals surface area contributed by atoms with Crippen LogP contribution >= 0.6 is 0 Å². The van der Waals surface area contributed by atoms with E-state index in [1.54, 1.807) is 31.3 Å². The first-order valence-electron chi connectivity index (χ1n) is 9.47. The minimum atomic E-state index is -0.393. The highest BCUT2D eigenvalue weighted by Gasteiger charge is 2.19. The molecule has 154 valence electrons. The molecule has 0 heterocycles. The Bertz CT molecular complexity index is 888. The second kappa shape index (κ2) is 9.73. The number of rotatable bonds is 6. The average Bonchev–Trinajstić information content (AvgIpc) is 2.64. The zero-order valence-electron chi connectivity index (χ0n) is 17.5. The molecular formula is C22H28N4O3. The van der Waals surface area contributed by atoms with Gasteiger partial charge in [0.25, 0.3) is 5.91 Å². The molecule has 2 aromatic carbocycles. The molecule has 29 heavy (non-hydrogen) atoms. The van der Waals surface area contributed by atoms with Gasteiger partial charge in [-0.2, -0.15) is 0 Å². The van der Waals surface area contributed by atoms with E-state index in [0.717, 1.165) is 16.8 Å². The van der Waals surface area contributed by atoms with Crippen molar-refractivity contribution in [3.05, 3.63) is 59.2 Å². The van der Waals surface area contributed by atoms with E-state index in [0.29, 0.717) is 11.3 Å². The van der Waals surface area contributed by atoms with E-state index in [1.807, 2.05) is 45.9 Å². The van der Waals surface area contributed by atoms with Crippen molar-refractivity contribution in [2.75, 3.05) is 24.2 Å². The Morgan fingerprint density at radius 3 is 2.17 bits per heavy atom. The van der Waals surface area contributed by atoms with Gasteiger partial charge < -0.3 is 20.9 Å². The Hall–Kier alpha value is -3.35. The number of carbonyl (C=O) groups is 3. The van der Waals surface area contributed by atoms with Gasteiger partial charge in [0, 0.05) is 18.8 Å². The average molecular weight is 396 g/mol. The van der Waals surface area contributed by atoms with Gasteiger partial charge >= 0.3 is 6.03 Å². The highest BCUT2D eigenvalue weighted by molar-refractivity contribution is 6.05. The van der Waals surface area contributed by atoms with Crippen molar-refractivity contribution in [3.63, 3.8) is 0 Å². The molecule has 0 aliphatic heterocycles. The summed E-state index contributed by atoms with van der Waals surface area (Å²) in [5.74, 6) is -0.650. The summed E-state index contributed by atoms with van der Waals surface area (Å²) in [6, 6.07) is 12.0. The van der Waals surface area contributed by atoms with Gasteiger partial charge in [-0.3, -0.25) is 9.59 Å². The van der Waals surface area contributed by atoms with Crippen LogP contribution in [0.3, 0.4) is 0 Å². The van der Waals surface area contributed by atoms with Crippen LogP contribution in [0.4, 0.5) is 16.2 Å². The van der Waals surface area contributed by atoms with E-state index in [2.05, 4.69) is 16.0 Å². The summed E-state index contributed by atoms with van der Waals surface area (Å²) in [7, 11) is 1.55. The molecule has 0 radical (unpaired) electrons. The molecule has 2 rings (SSSR count). The minimum absolute atomic E-state index is 0.0332. The molecule has 0 bridgehead atoms. The molecule has 0 aliphatic rings. The number of aryl methyl sites for hydroxylation is 2. The van der Waals surface area contributed by atoms with Crippen LogP contribution in [0.25, 0.3) is 0 Å². The molecule has 0 saturated heterocycles. The molecule has 0 saturated carbocycles. The largest absolute Gasteiger partial charge is 0.336 e. The maximum absolute atomic E-state index is 12.9. The van der Waals surface area contributed by atoms with Crippen LogP contribution in [0, 0.1) is 13.8 Å². The van der Waals surface area contributed by atoms with Gasteiger partial charge in [-0.15, -0.1) is 0 Å². The molecule has 7 heteroatoms. The van der Waals surface area contributed by atoms with Crippen molar-refractivity contribution in [3.8, 4) is 0 Å². The van der Waals surface area contributed by atoms with Gasteiger partial charge in [-0.25, -0.2) is 4.79 Å². The molecule has 3 N–H and O–H groups in total. The predicted octanol–water partition coefficient (Wildman–Crippen LogP) is 3.54. The molecule has 0 aliphatic carbocycles. The van der Waals surface area contributed by atoms with Crippen LogP contribution in [0.2, 0.25) is 0 Å². The van der Waals surface area contributed by atoms with E-state index in [4.69, 9.17) is 0 Å². The van der Waals surface area contributed by atoms with Gasteiger partial charge in [0.2, 0.25) is 5.91 Å². The number of benzene rings is 2. The number of urea groups is 1. The standard InChI is InChI=1S/C22H28N4O3/c1-14(2)23-22(29)24-18-12-7-6-11-17(18)21(28)26(5)13-19(27)25-20-15(3)9-8-10-16(20)4/h6-12,14H,13H2,1-5H3,(H,25,27)(H2,23,24,29). The number of hydrogen-bond acceptors (Lipinski definition) is 3. The molecule has 7 nitrogen and oxygen atoms in total. The monoisotopic (exact) mass is 396 g/mol. The summed E-state index contributed by atoms with van der Waals surface area (Å²) >= 11 is 0. The fraction of sp³-hybridized carbons (Fsp3) is 0.318. The summed E-state index contributed by atoms with van der Waals surface area (Å²) < 4.78 is 0. The Morgan fingerprint density at radius 2 is 1.55 bits per heavy atom. The van der Waals surface area contributed by atoms with Crippen molar-refractivity contribution >= 4 is 29.2 Å². The summed E-state index contributed by atoms with van der Waals surface area (Å²) in [4.78, 5) is 38.7. The molecule has 0 atom stereocenters. The van der Waals surface area contributed by atoms with Crippen LogP contribution in [-0.4, -0.2) is 42.4 Å². The van der Waals surface area contributed by atoms with Gasteiger partial charge in [0.05, 0.1) is 17.8 Å². The lowest BCUT2D eigenvalue weighted by Crippen LogP contribution is -2.37. The van der Waals surface area contributed by atoms with Crippen LogP contribution < -0.4 is 16.0 Å². The zero-order chi connectivity index (χ0) is 21.6. The number of amides is 4. The molecule has 0 fully saturated rings. The minimum Gasteiger partial charge on any atom is -0.336 e. The molecule has 2 aromatic rings. The lowest BCUT2D eigenvalue weighted by molar-refractivity contribution is -0.116. The normalized spacial score (nSPS) is 10.4. The van der Waals surface area contributed by atoms with Crippen molar-refractivity contribution in [1.29, 1.82) is 0 Å². The number of nitrogens with one attached hydrogen (secondary N) is 3. The first-order valence-corrected chi connectivity index (χ1v) is 9.47. The van der Waals surface area contributed by atoms with Crippen molar-refractivity contribution in [2.45, 2.75) is 33.7 Å². The molecule has 0 unspecified atom stereocenters. The number of nitrogens with zero attached hydrogens (tertiary/aromatic N) is 1. The third-order valence-electron chi connectivity index (χ3n) is 4.30. The Morgan fingerprint density at radius 1 is 0.931 bits per heavy atom. The summed E-state index contributed by atoms with van der Waals surface area (Å²) in [5.41, 5.74) is 3.37. The van der Waals surface area contributed by atoms with Crippen LogP contribution in [0.15, 0.2) is 42.5 Å². The number of hydrogen-bond donors (Lipinski definition) is 3. The second-order valence-electron chi connectivity index (χ2n) is 7.27. The van der Waals surface area contributed by atoms with Gasteiger partial charge in [0.15, 0.2) is 0 Å². The van der Waals surface area contributed by atoms with E-state index in [9.17, 15) is 14.4 Å². The topological polar surface area (TPSA) is 90.5 Å². The van der Waals surface area contributed by atoms with Crippen LogP contribution in [0.1, 0.15) is 35.3 Å². The van der Waals surface area contributed by atoms with Crippen molar-refractivity contribution < 1.29 is 14.4 Å². The van der Waals surface area contributed by atoms with Crippen molar-refractivity contribution in [1.82, 2.24) is 10.2 Å². The van der Waals surface area contributed by atoms with Gasteiger partial charge in [0.1, 0.15) is 0 Å². The van der Waals surface area contributed by atoms with E-state index < -0.39 is 6.03 Å². The third-order valence-corrected chi connectivity index (χ3v) is 4.30. The Balaban J connectivity index is 2.08. The summed E-state index contributed by atoms with van der Waals surface area (Å²) in [6.07, 6.45) is 0. The molecule has 4 amide bonds. The number of carbonyl (C=O) groups excluding carboxylic acids is 3. The second-order valence-corrected chi connectivity index (χ2v) is 7.27. The zero-order valence-corrected chi connectivity index (χ0v) is 17.5. The molecular weight excluding hydrogens is 368 g/mol. The number of anilines is 2. The van der Waals surface area contributed by atoms with Crippen LogP contribution in [-0.2, 0) is 4.79 Å². The summed E-state index contributed by atoms with van der Waals surface area (Å²) in [6.45, 7) is 7.42. The quantitative estimate of drug-likeness (QED) is 0.697. The fourth-order valence-electron chi connectivity index (χ4n) is 2.88. The maximum Gasteiger partial charge on any atom is 0.319 e. The van der Waals surface area contributed by atoms with Crippen LogP contribution in [0.5, 0.6) is 0 Å². The lowest BCUT2D eigenvalue weighted by Gasteiger charge is -2.20. The SMILES string of the molecule is Cc1cccc(C)c1NC(=O)CN(C)C(=O)c1ccccc1NC(=O)NC(C)C. The van der Waals surface area contributed by atoms with Crippen molar-refractivity contribution in [2.24, 2.45) is 0 Å². The number of likely N-dealkylation sites (N-methyl/N-ethyl adjacent to an activating group) is 1. The van der Waals surface area contributed by atoms with E-state index in [1.165, 1.54) is 4.90 Å². The Labute approximate surface area is 171 Å². The Kier molecular flexibility index (Phi) is 7.36. The highest BCUT2D eigenvalue weighted by Crippen LogP contribution is 2.20. The smallest absolute Gasteiger partial charge is 0.319 e. The van der Waals surface area contributed by atoms with Gasteiger partial charge in [-0.1, -0.05) is 30.3 Å². The van der Waals surface area contributed by atoms with Gasteiger partial charge in [-0.05, 0) is 51.0 Å². The first kappa shape index (κ1) is 21.9. The third kappa shape index (κ3) is 6.07. The lowest BCUT2D eigenvalue weighted by atomic mass is 10.1. The highest BCUT2D eigenvalue weighted by atomic mass is 16.2. The molecule has 0 aromatic heterocycles. The van der Waals surface area contributed by atoms with E-state index >= 15 is 0 Å². The first-order chi connectivity index (χ1) is 13.7. The summed E-state index contributed by atoms with van der Waals surface area (Å²) in [5, 5.41) is 8.28. The maximum atomic E-state index is 12.9. The number of para-hydroxylation sites is 2.